The number of unbranched alkanes of at least 4 members (excludes halogenated alkanes) is 1. The Morgan fingerprint density at radius 3 is 1.62 bits per heavy atom. The Bertz CT molecular complexity index is 597. The van der Waals surface area contributed by atoms with Gasteiger partial charge in [0.2, 0.25) is 0 Å². The SMILES string of the molecule is C.C.C=Cc1ccc(CCl)cc1.C=Cc1ccc(COCCCC)cc1.[CH3-].[W].[Y]. The van der Waals surface area contributed by atoms with Crippen molar-refractivity contribution in [2.24, 2.45) is 0 Å². The van der Waals surface area contributed by atoms with Gasteiger partial charge in [-0.1, -0.05) is 102 Å². The van der Waals surface area contributed by atoms with E-state index in [2.05, 4.69) is 44.3 Å². The minimum Gasteiger partial charge on any atom is -0.377 e. The molecule has 0 atom stereocenters. The van der Waals surface area contributed by atoms with E-state index < -0.39 is 0 Å². The normalized spacial score (nSPS) is 8.07. The minimum atomic E-state index is 0. The van der Waals surface area contributed by atoms with Gasteiger partial charge in [0.05, 0.1) is 6.61 Å². The van der Waals surface area contributed by atoms with Crippen LogP contribution in [0, 0.1) is 7.43 Å². The molecular formula is C25H38ClOWY-. The second kappa shape index (κ2) is 26.0. The molecule has 4 heteroatoms. The number of hydrogen-bond donors (Lipinski definition) is 0. The van der Waals surface area contributed by atoms with Gasteiger partial charge in [-0.05, 0) is 28.7 Å². The molecule has 0 amide bonds. The molecule has 0 aliphatic heterocycles. The third kappa shape index (κ3) is 18.4. The van der Waals surface area contributed by atoms with Gasteiger partial charge < -0.3 is 12.2 Å². The summed E-state index contributed by atoms with van der Waals surface area (Å²) in [6.07, 6.45) is 6.00. The molecule has 29 heavy (non-hydrogen) atoms. The first-order chi connectivity index (χ1) is 11.7. The predicted molar refractivity (Wildman–Crippen MR) is 127 cm³/mol. The molecule has 0 spiro atoms. The topological polar surface area (TPSA) is 9.23 Å². The molecule has 0 saturated carbocycles. The van der Waals surface area contributed by atoms with Gasteiger partial charge in [-0.2, -0.15) is 0 Å². The zero-order chi connectivity index (χ0) is 17.6. The molecule has 2 aromatic carbocycles. The van der Waals surface area contributed by atoms with Gasteiger partial charge >= 0.3 is 0 Å². The molecule has 0 unspecified atom stereocenters. The van der Waals surface area contributed by atoms with Crippen LogP contribution in [-0.2, 0) is 71.0 Å². The molecular weight excluding hydrogens is 624 g/mol. The van der Waals surface area contributed by atoms with Crippen molar-refractivity contribution >= 4 is 23.8 Å². The van der Waals surface area contributed by atoms with Gasteiger partial charge in [-0.3, -0.25) is 0 Å². The molecule has 0 aliphatic rings. The van der Waals surface area contributed by atoms with Crippen LogP contribution in [-0.4, -0.2) is 6.61 Å². The summed E-state index contributed by atoms with van der Waals surface area (Å²) in [5.74, 6) is 0.581. The molecule has 0 N–H and O–H groups in total. The van der Waals surface area contributed by atoms with Crippen LogP contribution in [0.1, 0.15) is 56.9 Å². The largest absolute Gasteiger partial charge is 0.377 e. The van der Waals surface area contributed by atoms with Crippen LogP contribution in [0.15, 0.2) is 61.7 Å². The smallest absolute Gasteiger partial charge is 0.0716 e. The number of benzene rings is 2. The second-order valence-corrected chi connectivity index (χ2v) is 5.70. The first-order valence-corrected chi connectivity index (χ1v) is 8.83. The Morgan fingerprint density at radius 2 is 1.28 bits per heavy atom. The first kappa shape index (κ1) is 39.4. The maximum Gasteiger partial charge on any atom is 0.0716 e. The first-order valence-electron chi connectivity index (χ1n) is 8.30. The molecule has 2 rings (SSSR count). The van der Waals surface area contributed by atoms with E-state index in [0.717, 1.165) is 36.3 Å². The molecule has 161 valence electrons. The van der Waals surface area contributed by atoms with Gasteiger partial charge in [0.1, 0.15) is 0 Å². The predicted octanol–water partition coefficient (Wildman–Crippen LogP) is 8.43. The quantitative estimate of drug-likeness (QED) is 0.157. The number of halogens is 1. The number of rotatable bonds is 8. The molecule has 1 radical (unpaired) electrons. The standard InChI is InChI=1S/C13H18O.C9H9Cl.2CH4.CH3.W.Y/c1-3-5-10-14-11-13-8-6-12(4-2)7-9-13;1-2-8-3-5-9(7-10)6-4-8;;;;;/h4,6-9H,2-3,5,10-11H2,1H3;2-6H,1,7H2;2*1H4;1H3;;/q;;;;-1;;. The van der Waals surface area contributed by atoms with E-state index in [1.54, 1.807) is 0 Å². The molecule has 0 heterocycles. The van der Waals surface area contributed by atoms with Crippen molar-refractivity contribution in [3.05, 3.63) is 91.4 Å². The van der Waals surface area contributed by atoms with E-state index in [9.17, 15) is 0 Å². The van der Waals surface area contributed by atoms with Crippen LogP contribution in [0.4, 0.5) is 0 Å². The third-order valence-electron chi connectivity index (χ3n) is 3.50. The average Bonchev–Trinajstić information content (AvgIpc) is 2.66. The maximum atomic E-state index is 5.60. The summed E-state index contributed by atoms with van der Waals surface area (Å²) in [5, 5.41) is 0. The van der Waals surface area contributed by atoms with Crippen molar-refractivity contribution in [1.29, 1.82) is 0 Å². The summed E-state index contributed by atoms with van der Waals surface area (Å²) >= 11 is 5.60. The van der Waals surface area contributed by atoms with Gasteiger partial charge in [0.25, 0.3) is 0 Å². The van der Waals surface area contributed by atoms with Crippen LogP contribution in [0.3, 0.4) is 0 Å². The number of hydrogen-bond acceptors (Lipinski definition) is 1. The zero-order valence-electron chi connectivity index (χ0n) is 16.5. The van der Waals surface area contributed by atoms with Gasteiger partial charge in [-0.25, -0.2) is 0 Å². The number of ether oxygens (including phenoxy) is 1. The van der Waals surface area contributed by atoms with Gasteiger partial charge in [-0.15, -0.1) is 11.6 Å². The van der Waals surface area contributed by atoms with E-state index in [-0.39, 0.29) is 76.1 Å². The summed E-state index contributed by atoms with van der Waals surface area (Å²) in [6.45, 7) is 11.1. The summed E-state index contributed by atoms with van der Waals surface area (Å²) in [7, 11) is 0. The monoisotopic (exact) mass is 662 g/mol. The van der Waals surface area contributed by atoms with Crippen molar-refractivity contribution in [3.63, 3.8) is 0 Å². The molecule has 0 aromatic heterocycles. The van der Waals surface area contributed by atoms with Crippen molar-refractivity contribution in [1.82, 2.24) is 0 Å². The van der Waals surface area contributed by atoms with Crippen LogP contribution in [0.2, 0.25) is 0 Å². The summed E-state index contributed by atoms with van der Waals surface area (Å²) < 4.78 is 5.51. The number of alkyl halides is 1. The average molecular weight is 663 g/mol. The summed E-state index contributed by atoms with van der Waals surface area (Å²) in [4.78, 5) is 0. The second-order valence-electron chi connectivity index (χ2n) is 5.43. The van der Waals surface area contributed by atoms with E-state index in [1.807, 2.05) is 36.4 Å². The van der Waals surface area contributed by atoms with E-state index in [1.165, 1.54) is 12.0 Å². The van der Waals surface area contributed by atoms with Crippen molar-refractivity contribution in [2.75, 3.05) is 6.61 Å². The van der Waals surface area contributed by atoms with Crippen molar-refractivity contribution in [3.8, 4) is 0 Å². The fraction of sp³-hybridized carbons (Fsp3) is 0.320. The Balaban J connectivity index is -0.000000117. The van der Waals surface area contributed by atoms with Crippen LogP contribution in [0.25, 0.3) is 12.2 Å². The van der Waals surface area contributed by atoms with Crippen LogP contribution >= 0.6 is 11.6 Å². The Kier molecular flexibility index (Phi) is 35.4. The van der Waals surface area contributed by atoms with Crippen LogP contribution in [0.5, 0.6) is 0 Å². The minimum absolute atomic E-state index is 0. The molecule has 0 bridgehead atoms. The Morgan fingerprint density at radius 1 is 0.862 bits per heavy atom. The van der Waals surface area contributed by atoms with Crippen molar-refractivity contribution < 1.29 is 58.5 Å². The summed E-state index contributed by atoms with van der Waals surface area (Å²) in [6, 6.07) is 16.3. The molecule has 2 aromatic rings. The van der Waals surface area contributed by atoms with Crippen LogP contribution < -0.4 is 0 Å². The summed E-state index contributed by atoms with van der Waals surface area (Å²) in [5.41, 5.74) is 4.66. The van der Waals surface area contributed by atoms with E-state index >= 15 is 0 Å². The van der Waals surface area contributed by atoms with Gasteiger partial charge in [0.15, 0.2) is 0 Å². The maximum absolute atomic E-state index is 5.60. The zero-order valence-corrected chi connectivity index (χ0v) is 23.0. The fourth-order valence-corrected chi connectivity index (χ4v) is 2.11. The Hall–Kier alpha value is -0.0378. The molecule has 1 nitrogen and oxygen atoms in total. The Labute approximate surface area is 225 Å². The van der Waals surface area contributed by atoms with E-state index in [4.69, 9.17) is 16.3 Å². The molecule has 0 aliphatic carbocycles. The molecule has 0 fully saturated rings. The van der Waals surface area contributed by atoms with E-state index in [0.29, 0.717) is 5.88 Å². The van der Waals surface area contributed by atoms with Gasteiger partial charge in [0, 0.05) is 66.3 Å². The molecule has 0 saturated heterocycles. The third-order valence-corrected chi connectivity index (χ3v) is 3.80. The fourth-order valence-electron chi connectivity index (χ4n) is 1.93. The van der Waals surface area contributed by atoms with Crippen molar-refractivity contribution in [2.45, 2.75) is 47.1 Å².